The van der Waals surface area contributed by atoms with Crippen molar-refractivity contribution in [1.82, 2.24) is 10.6 Å². The predicted molar refractivity (Wildman–Crippen MR) is 84.0 cm³/mol. The maximum absolute atomic E-state index is 11.9. The van der Waals surface area contributed by atoms with Gasteiger partial charge in [-0.05, 0) is 6.42 Å². The minimum Gasteiger partial charge on any atom is -0.481 e. The van der Waals surface area contributed by atoms with Gasteiger partial charge in [-0.25, -0.2) is 4.79 Å². The number of carboxylic acids is 2. The molecule has 3 atom stereocenters. The molecule has 22 heavy (non-hydrogen) atoms. The van der Waals surface area contributed by atoms with Crippen LogP contribution in [0.5, 0.6) is 0 Å². The molecule has 126 valence electrons. The Morgan fingerprint density at radius 2 is 1.45 bits per heavy atom. The van der Waals surface area contributed by atoms with Gasteiger partial charge in [-0.3, -0.25) is 14.4 Å². The molecule has 0 heterocycles. The van der Waals surface area contributed by atoms with Crippen LogP contribution in [0, 0.1) is 0 Å². The van der Waals surface area contributed by atoms with Gasteiger partial charge in [0.15, 0.2) is 0 Å². The molecule has 0 aliphatic heterocycles. The summed E-state index contributed by atoms with van der Waals surface area (Å²) in [5.41, 5.74) is 5.51. The minimum absolute atomic E-state index is 0.0812. The molecule has 0 saturated heterocycles. The summed E-state index contributed by atoms with van der Waals surface area (Å²) in [5, 5.41) is 21.8. The zero-order chi connectivity index (χ0) is 17.3. The molecule has 9 nitrogen and oxygen atoms in total. The largest absolute Gasteiger partial charge is 0.481 e. The topological polar surface area (TPSA) is 159 Å². The molecular formula is C11H19N3O6S2. The second kappa shape index (κ2) is 10.3. The molecule has 0 aliphatic carbocycles. The van der Waals surface area contributed by atoms with Crippen molar-refractivity contribution in [1.29, 1.82) is 0 Å². The molecule has 0 aromatic heterocycles. The van der Waals surface area contributed by atoms with Crippen molar-refractivity contribution in [3.05, 3.63) is 0 Å². The first-order chi connectivity index (χ1) is 10.2. The molecule has 11 heteroatoms. The minimum atomic E-state index is -1.26. The van der Waals surface area contributed by atoms with Gasteiger partial charge in [-0.15, -0.1) is 0 Å². The fourth-order valence-electron chi connectivity index (χ4n) is 1.34. The van der Waals surface area contributed by atoms with E-state index >= 15 is 0 Å². The van der Waals surface area contributed by atoms with E-state index in [0.29, 0.717) is 0 Å². The van der Waals surface area contributed by atoms with E-state index in [1.807, 2.05) is 0 Å². The monoisotopic (exact) mass is 353 g/mol. The molecule has 6 N–H and O–H groups in total. The number of carboxylic acid groups (broad SMARTS) is 2. The lowest BCUT2D eigenvalue weighted by molar-refractivity contribution is -0.141. The first-order valence-electron chi connectivity index (χ1n) is 6.25. The maximum atomic E-state index is 11.9. The standard InChI is InChI=1S/C11H19N3O6S2/c12-5(1-2-8(15)16)9(17)13-6(3-21)10(18)14-7(4-22)11(19)20/h5-7,21-22H,1-4,12H2,(H,13,17)(H,14,18)(H,15,16)(H,19,20)/t5-,6?,7?/m0/s1. The fraction of sp³-hybridized carbons (Fsp3) is 0.636. The third-order valence-corrected chi connectivity index (χ3v) is 3.35. The van der Waals surface area contributed by atoms with E-state index in [-0.39, 0.29) is 24.3 Å². The molecule has 0 rings (SSSR count). The second-order valence-electron chi connectivity index (χ2n) is 4.36. The number of nitrogens with two attached hydrogens (primary N) is 1. The van der Waals surface area contributed by atoms with Crippen LogP contribution in [0.4, 0.5) is 0 Å². The molecule has 0 spiro atoms. The van der Waals surface area contributed by atoms with Crippen LogP contribution in [0.15, 0.2) is 0 Å². The Hall–Kier alpha value is -1.46. The highest BCUT2D eigenvalue weighted by Gasteiger charge is 2.26. The van der Waals surface area contributed by atoms with Crippen LogP contribution in [0.25, 0.3) is 0 Å². The van der Waals surface area contributed by atoms with E-state index in [1.165, 1.54) is 0 Å². The lowest BCUT2D eigenvalue weighted by atomic mass is 10.1. The summed E-state index contributed by atoms with van der Waals surface area (Å²) in [4.78, 5) is 44.8. The van der Waals surface area contributed by atoms with Crippen LogP contribution in [0.3, 0.4) is 0 Å². The average molecular weight is 353 g/mol. The zero-order valence-electron chi connectivity index (χ0n) is 11.6. The normalized spacial score (nSPS) is 14.5. The fourth-order valence-corrected chi connectivity index (χ4v) is 1.85. The van der Waals surface area contributed by atoms with Crippen molar-refractivity contribution >= 4 is 49.0 Å². The Balaban J connectivity index is 4.57. The number of rotatable bonds is 10. The lowest BCUT2D eigenvalue weighted by Gasteiger charge is -2.20. The Morgan fingerprint density at radius 3 is 1.86 bits per heavy atom. The van der Waals surface area contributed by atoms with E-state index in [9.17, 15) is 19.2 Å². The SMILES string of the molecule is N[C@@H](CCC(=O)O)C(=O)NC(CS)C(=O)NC(CS)C(=O)O. The molecule has 2 amide bonds. The van der Waals surface area contributed by atoms with Gasteiger partial charge in [-0.1, -0.05) is 0 Å². The van der Waals surface area contributed by atoms with Gasteiger partial charge >= 0.3 is 11.9 Å². The van der Waals surface area contributed by atoms with Crippen molar-refractivity contribution in [2.75, 3.05) is 11.5 Å². The van der Waals surface area contributed by atoms with Crippen LogP contribution in [0.1, 0.15) is 12.8 Å². The number of carbonyl (C=O) groups is 4. The Morgan fingerprint density at radius 1 is 0.955 bits per heavy atom. The number of aliphatic carboxylic acids is 2. The summed E-state index contributed by atoms with van der Waals surface area (Å²) in [6.45, 7) is 0. The van der Waals surface area contributed by atoms with Gasteiger partial charge in [0.25, 0.3) is 0 Å². The quantitative estimate of drug-likeness (QED) is 0.226. The summed E-state index contributed by atoms with van der Waals surface area (Å²) in [6, 6.07) is -3.38. The van der Waals surface area contributed by atoms with Gasteiger partial charge in [-0.2, -0.15) is 25.3 Å². The van der Waals surface area contributed by atoms with Gasteiger partial charge in [0.05, 0.1) is 6.04 Å². The zero-order valence-corrected chi connectivity index (χ0v) is 13.3. The van der Waals surface area contributed by atoms with E-state index in [1.54, 1.807) is 0 Å². The molecule has 0 aromatic carbocycles. The first kappa shape index (κ1) is 20.5. The van der Waals surface area contributed by atoms with Crippen molar-refractivity contribution in [3.8, 4) is 0 Å². The van der Waals surface area contributed by atoms with Crippen LogP contribution in [-0.4, -0.2) is 63.6 Å². The third-order valence-electron chi connectivity index (χ3n) is 2.62. The number of nitrogens with one attached hydrogen (secondary N) is 2. The van der Waals surface area contributed by atoms with Crippen molar-refractivity contribution in [2.45, 2.75) is 31.0 Å². The lowest BCUT2D eigenvalue weighted by Crippen LogP contribution is -2.55. The highest BCUT2D eigenvalue weighted by Crippen LogP contribution is 1.98. The van der Waals surface area contributed by atoms with Gasteiger partial charge < -0.3 is 26.6 Å². The number of hydrogen-bond donors (Lipinski definition) is 7. The summed E-state index contributed by atoms with van der Waals surface area (Å²) < 4.78 is 0. The van der Waals surface area contributed by atoms with E-state index < -0.39 is 41.9 Å². The van der Waals surface area contributed by atoms with Crippen molar-refractivity contribution in [3.63, 3.8) is 0 Å². The number of carbonyl (C=O) groups excluding carboxylic acids is 2. The summed E-state index contributed by atoms with van der Waals surface area (Å²) in [6.07, 6.45) is -0.371. The Kier molecular flexibility index (Phi) is 9.61. The molecule has 0 aliphatic rings. The number of thiol groups is 2. The van der Waals surface area contributed by atoms with Crippen LogP contribution in [0.2, 0.25) is 0 Å². The second-order valence-corrected chi connectivity index (χ2v) is 5.09. The highest BCUT2D eigenvalue weighted by atomic mass is 32.1. The average Bonchev–Trinajstić information content (AvgIpc) is 2.46. The molecule has 0 radical (unpaired) electrons. The molecule has 0 aromatic rings. The van der Waals surface area contributed by atoms with Crippen molar-refractivity contribution in [2.24, 2.45) is 5.73 Å². The third kappa shape index (κ3) is 7.52. The predicted octanol–water partition coefficient (Wildman–Crippen LogP) is -1.91. The molecule has 2 unspecified atom stereocenters. The van der Waals surface area contributed by atoms with E-state index in [2.05, 4.69) is 35.9 Å². The van der Waals surface area contributed by atoms with E-state index in [0.717, 1.165) is 0 Å². The first-order valence-corrected chi connectivity index (χ1v) is 7.52. The van der Waals surface area contributed by atoms with Gasteiger partial charge in [0, 0.05) is 17.9 Å². The van der Waals surface area contributed by atoms with Crippen LogP contribution in [-0.2, 0) is 19.2 Å². The van der Waals surface area contributed by atoms with Crippen molar-refractivity contribution < 1.29 is 29.4 Å². The Bertz CT molecular complexity index is 434. The Labute approximate surface area is 137 Å². The molecule has 0 saturated carbocycles. The molecular weight excluding hydrogens is 334 g/mol. The molecule has 0 bridgehead atoms. The summed E-state index contributed by atoms with van der Waals surface area (Å²) in [5.74, 6) is -4.01. The maximum Gasteiger partial charge on any atom is 0.327 e. The smallest absolute Gasteiger partial charge is 0.327 e. The van der Waals surface area contributed by atoms with Gasteiger partial charge in [0.2, 0.25) is 11.8 Å². The highest BCUT2D eigenvalue weighted by molar-refractivity contribution is 7.80. The van der Waals surface area contributed by atoms with E-state index in [4.69, 9.17) is 15.9 Å². The summed E-state index contributed by atoms with van der Waals surface area (Å²) in [7, 11) is 0. The molecule has 0 fully saturated rings. The van der Waals surface area contributed by atoms with Gasteiger partial charge in [0.1, 0.15) is 12.1 Å². The number of hydrogen-bond acceptors (Lipinski definition) is 7. The van der Waals surface area contributed by atoms with Crippen LogP contribution >= 0.6 is 25.3 Å². The number of amides is 2. The summed E-state index contributed by atoms with van der Waals surface area (Å²) >= 11 is 7.71. The van der Waals surface area contributed by atoms with Crippen LogP contribution < -0.4 is 16.4 Å².